The number of hydrogen-bond donors (Lipinski definition) is 2. The minimum Gasteiger partial charge on any atom is -0.477 e. The first-order valence-corrected chi connectivity index (χ1v) is 37.0. The maximum Gasteiger partial charge on any atom is 0.508 e. The van der Waals surface area contributed by atoms with Crippen LogP contribution < -0.4 is 15.2 Å². The molecular formula is C81H109Cl2N3O23. The highest BCUT2D eigenvalue weighted by Crippen LogP contribution is 2.26. The number of aromatic carboxylic acids is 1. The van der Waals surface area contributed by atoms with Gasteiger partial charge in [0.1, 0.15) is 58.1 Å². The molecule has 0 radical (unpaired) electrons. The highest BCUT2D eigenvalue weighted by Gasteiger charge is 2.19. The maximum atomic E-state index is 12.7. The number of ether oxygens (including phenoxy) is 16. The molecule has 0 amide bonds. The van der Waals surface area contributed by atoms with E-state index in [1.807, 2.05) is 89.2 Å². The number of pyridine rings is 2. The van der Waals surface area contributed by atoms with Crippen LogP contribution in [0, 0.1) is 13.8 Å². The summed E-state index contributed by atoms with van der Waals surface area (Å²) in [4.78, 5) is 79.4. The molecule has 28 heteroatoms. The third kappa shape index (κ3) is 47.0. The molecule has 0 unspecified atom stereocenters. The Hall–Kier alpha value is -7.90. The van der Waals surface area contributed by atoms with E-state index in [0.717, 1.165) is 33.4 Å². The molecule has 0 saturated heterocycles. The molecule has 0 spiro atoms. The Bertz CT molecular complexity index is 3570. The number of benzene rings is 4. The lowest BCUT2D eigenvalue weighted by molar-refractivity contribution is -0.156. The molecule has 6 rings (SSSR count). The Morgan fingerprint density at radius 2 is 0.725 bits per heavy atom. The van der Waals surface area contributed by atoms with E-state index in [2.05, 4.69) is 9.97 Å². The number of ketones is 3. The third-order valence-corrected chi connectivity index (χ3v) is 15.2. The summed E-state index contributed by atoms with van der Waals surface area (Å²) < 4.78 is 86.0. The van der Waals surface area contributed by atoms with E-state index in [1.165, 1.54) is 12.3 Å². The molecule has 0 fully saturated rings. The Morgan fingerprint density at radius 3 is 1.10 bits per heavy atom. The van der Waals surface area contributed by atoms with Gasteiger partial charge < -0.3 is 86.6 Å². The second-order valence-corrected chi connectivity index (χ2v) is 27.0. The second-order valence-electron chi connectivity index (χ2n) is 26.2. The summed E-state index contributed by atoms with van der Waals surface area (Å²) in [6.07, 6.45) is 4.63. The summed E-state index contributed by atoms with van der Waals surface area (Å²) >= 11 is 12.1. The minimum absolute atomic E-state index is 0.0860. The van der Waals surface area contributed by atoms with Crippen LogP contribution in [-0.2, 0) is 106 Å². The summed E-state index contributed by atoms with van der Waals surface area (Å²) in [7, 11) is 0. The molecule has 2 heterocycles. The number of carbonyl (C=O) groups excluding carboxylic acids is 5. The van der Waals surface area contributed by atoms with Crippen molar-refractivity contribution in [1.82, 2.24) is 9.97 Å². The van der Waals surface area contributed by atoms with Gasteiger partial charge in [-0.3, -0.25) is 24.2 Å². The van der Waals surface area contributed by atoms with Gasteiger partial charge in [0.2, 0.25) is 0 Å². The topological polar surface area (TPSA) is 322 Å². The van der Waals surface area contributed by atoms with Gasteiger partial charge in [0.15, 0.2) is 11.5 Å². The van der Waals surface area contributed by atoms with Gasteiger partial charge in [-0.05, 0) is 144 Å². The number of carbonyl (C=O) groups is 6. The van der Waals surface area contributed by atoms with E-state index >= 15 is 0 Å². The monoisotopic (exact) mass is 1560 g/mol. The van der Waals surface area contributed by atoms with E-state index < -0.39 is 23.3 Å². The van der Waals surface area contributed by atoms with Crippen LogP contribution in [0.3, 0.4) is 0 Å². The Kier molecular flexibility index (Phi) is 47.6. The molecule has 600 valence electrons. The third-order valence-electron chi connectivity index (χ3n) is 14.3. The number of aromatic nitrogens is 2. The van der Waals surface area contributed by atoms with Gasteiger partial charge in [-0.15, -0.1) is 0 Å². The predicted molar refractivity (Wildman–Crippen MR) is 410 cm³/mol. The number of rotatable bonds is 53. The van der Waals surface area contributed by atoms with Crippen LogP contribution in [-0.4, -0.2) is 220 Å². The minimum atomic E-state index is -1.12. The molecule has 3 N–H and O–H groups in total. The summed E-state index contributed by atoms with van der Waals surface area (Å²) in [5, 5.41) is 10.4. The van der Waals surface area contributed by atoms with Gasteiger partial charge in [-0.1, -0.05) is 71.7 Å². The fourth-order valence-electron chi connectivity index (χ4n) is 9.25. The van der Waals surface area contributed by atoms with Crippen molar-refractivity contribution >= 4 is 58.6 Å². The zero-order valence-corrected chi connectivity index (χ0v) is 65.6. The molecule has 6 aromatic rings. The summed E-state index contributed by atoms with van der Waals surface area (Å²) in [6.45, 7) is 25.3. The highest BCUT2D eigenvalue weighted by molar-refractivity contribution is 6.31. The molecule has 0 aliphatic rings. The quantitative estimate of drug-likeness (QED) is 0.0203. The average Bonchev–Trinajstić information content (AvgIpc) is 0.878. The predicted octanol–water partition coefficient (Wildman–Crippen LogP) is 12.9. The van der Waals surface area contributed by atoms with Gasteiger partial charge in [0.05, 0.1) is 145 Å². The zero-order valence-electron chi connectivity index (χ0n) is 64.1. The van der Waals surface area contributed by atoms with Crippen molar-refractivity contribution in [3.8, 4) is 23.0 Å². The SMILES string of the molecule is CC(C)(C)OC(=O)CCOCCOCCOCCOCCOCCOCCN.Cc1cc(CC(=O)Cc2ccc(Oc3ccnc(C(=O)CCCOCCOCCOCCOCCOCCOC(=O)OC(C)(C)C)c3)cc2)ccc1Cl.Cc1cc(CC(=O)Cc2ccc(Oc3ccnc(C(=O)O)c3)cc2)ccc1Cl. The van der Waals surface area contributed by atoms with Gasteiger partial charge in [0.25, 0.3) is 0 Å². The first-order chi connectivity index (χ1) is 52.3. The van der Waals surface area contributed by atoms with Crippen LogP contribution in [0.15, 0.2) is 122 Å². The fourth-order valence-corrected chi connectivity index (χ4v) is 9.49. The first kappa shape index (κ1) is 93.5. The number of aryl methyl sites for hydroxylation is 2. The molecule has 109 heavy (non-hydrogen) atoms. The van der Waals surface area contributed by atoms with Crippen LogP contribution in [0.25, 0.3) is 0 Å². The molecule has 0 bridgehead atoms. The van der Waals surface area contributed by atoms with Crippen LogP contribution in [0.2, 0.25) is 10.0 Å². The van der Waals surface area contributed by atoms with Crippen molar-refractivity contribution < 1.29 is 110 Å². The first-order valence-electron chi connectivity index (χ1n) is 36.2. The normalized spacial score (nSPS) is 11.2. The number of nitrogens with two attached hydrogens (primary N) is 1. The van der Waals surface area contributed by atoms with Gasteiger partial charge in [-0.25, -0.2) is 14.6 Å². The van der Waals surface area contributed by atoms with E-state index in [0.29, 0.717) is 223 Å². The second kappa shape index (κ2) is 55.5. The number of halogens is 2. The smallest absolute Gasteiger partial charge is 0.477 e. The number of esters is 1. The Balaban J connectivity index is 0.000000378. The standard InChI is InChI=1S/C40H52ClNO11.C22H18ClNO4.C19H39NO8/c1-30-26-32(9-12-36(30)41)28-33(43)27-31-7-10-34(11-8-31)52-35-13-14-42-37(29-35)38(44)6-5-15-46-16-17-47-18-19-48-20-21-49-22-23-50-24-25-51-39(45)53-40(2,3)4;1-14-10-16(4-7-20(14)23)12-17(25)11-15-2-5-18(6-3-15)28-19-8-9-24-21(13-19)22(26)27;1-19(2,3)28-18(21)4-6-22-8-10-24-12-14-26-16-17-27-15-13-25-11-9-23-7-5-20/h7-14,26,29H,5-6,15-25,27-28H2,1-4H3;2-10,13H,11-12H2,1H3,(H,26,27);4-17,20H2,1-3H3. The average molecular weight is 1560 g/mol. The number of hydrogen-bond acceptors (Lipinski definition) is 25. The van der Waals surface area contributed by atoms with Gasteiger partial charge in [-0.2, -0.15) is 0 Å². The van der Waals surface area contributed by atoms with Crippen molar-refractivity contribution in [2.75, 3.05) is 159 Å². The number of carboxylic acid groups (broad SMARTS) is 1. The lowest BCUT2D eigenvalue weighted by atomic mass is 10.0. The van der Waals surface area contributed by atoms with Crippen LogP contribution in [0.5, 0.6) is 23.0 Å². The molecule has 0 saturated carbocycles. The Labute approximate surface area is 650 Å². The van der Waals surface area contributed by atoms with Crippen molar-refractivity contribution in [3.05, 3.63) is 176 Å². The van der Waals surface area contributed by atoms with E-state index in [-0.39, 0.29) is 48.6 Å². The molecule has 4 aromatic carbocycles. The van der Waals surface area contributed by atoms with Crippen molar-refractivity contribution in [2.24, 2.45) is 5.73 Å². The molecule has 2 aromatic heterocycles. The fraction of sp³-hybridized carbons (Fsp3) is 0.506. The van der Waals surface area contributed by atoms with Crippen molar-refractivity contribution in [1.29, 1.82) is 0 Å². The van der Waals surface area contributed by atoms with E-state index in [4.69, 9.17) is 110 Å². The van der Waals surface area contributed by atoms with Gasteiger partial charge in [0, 0.05) is 79.8 Å². The van der Waals surface area contributed by atoms with Crippen LogP contribution in [0.1, 0.15) is 115 Å². The van der Waals surface area contributed by atoms with E-state index in [9.17, 15) is 28.8 Å². The number of nitrogens with zero attached hydrogens (tertiary/aromatic N) is 2. The highest BCUT2D eigenvalue weighted by atomic mass is 35.5. The maximum absolute atomic E-state index is 12.7. The largest absolute Gasteiger partial charge is 0.508 e. The van der Waals surface area contributed by atoms with Crippen molar-refractivity contribution in [2.45, 2.75) is 112 Å². The van der Waals surface area contributed by atoms with Crippen LogP contribution >= 0.6 is 23.2 Å². The summed E-state index contributed by atoms with van der Waals surface area (Å²) in [5.74, 6) is 0.772. The molecule has 0 aliphatic heterocycles. The lowest BCUT2D eigenvalue weighted by Crippen LogP contribution is -2.25. The van der Waals surface area contributed by atoms with E-state index in [1.54, 1.807) is 75.5 Å². The van der Waals surface area contributed by atoms with Gasteiger partial charge >= 0.3 is 18.1 Å². The lowest BCUT2D eigenvalue weighted by Gasteiger charge is -2.19. The molecule has 0 atom stereocenters. The molecule has 0 aliphatic carbocycles. The summed E-state index contributed by atoms with van der Waals surface area (Å²) in [5.41, 5.74) is 10.1. The zero-order chi connectivity index (χ0) is 79.3. The number of Topliss-reactive ketones (excluding diaryl/α,β-unsaturated/α-hetero) is 3. The molecule has 26 nitrogen and oxygen atoms in total. The molecular weight excluding hydrogens is 1450 g/mol. The Morgan fingerprint density at radius 1 is 0.385 bits per heavy atom. The van der Waals surface area contributed by atoms with Crippen molar-refractivity contribution in [3.63, 3.8) is 0 Å². The summed E-state index contributed by atoms with van der Waals surface area (Å²) in [6, 6.07) is 32.0. The number of carboxylic acids is 1. The van der Waals surface area contributed by atoms with Crippen LogP contribution in [0.4, 0.5) is 4.79 Å².